The van der Waals surface area contributed by atoms with E-state index in [-0.39, 0.29) is 11.9 Å². The van der Waals surface area contributed by atoms with Gasteiger partial charge >= 0.3 is 0 Å². The summed E-state index contributed by atoms with van der Waals surface area (Å²) in [7, 11) is 3.96. The van der Waals surface area contributed by atoms with Crippen molar-refractivity contribution in [2.24, 2.45) is 0 Å². The molecule has 4 rings (SSSR count). The maximum Gasteiger partial charge on any atom is 0.237 e. The number of hydrogen-bond donors (Lipinski definition) is 0. The molecule has 160 valence electrons. The summed E-state index contributed by atoms with van der Waals surface area (Å²) in [5, 5.41) is 13.5. The van der Waals surface area contributed by atoms with Crippen molar-refractivity contribution in [1.29, 1.82) is 0 Å². The lowest BCUT2D eigenvalue weighted by Gasteiger charge is -2.20. The van der Waals surface area contributed by atoms with E-state index < -0.39 is 0 Å². The van der Waals surface area contributed by atoms with Crippen LogP contribution in [-0.2, 0) is 5.75 Å². The molecule has 0 saturated carbocycles. The van der Waals surface area contributed by atoms with Gasteiger partial charge in [0.25, 0.3) is 0 Å². The molecule has 0 saturated heterocycles. The monoisotopic (exact) mass is 438 g/mol. The van der Waals surface area contributed by atoms with Crippen LogP contribution >= 0.6 is 11.8 Å². The topological polar surface area (TPSA) is 72.9 Å². The van der Waals surface area contributed by atoms with Crippen molar-refractivity contribution in [3.05, 3.63) is 71.6 Å². The summed E-state index contributed by atoms with van der Waals surface area (Å²) in [4.78, 5) is 6.54. The number of aromatic nitrogens is 5. The maximum atomic E-state index is 13.5. The molecule has 0 amide bonds. The van der Waals surface area contributed by atoms with Crippen molar-refractivity contribution < 1.29 is 8.91 Å². The molecule has 0 fully saturated rings. The van der Waals surface area contributed by atoms with E-state index >= 15 is 0 Å². The van der Waals surface area contributed by atoms with Crippen molar-refractivity contribution in [1.82, 2.24) is 29.8 Å². The van der Waals surface area contributed by atoms with Crippen LogP contribution in [-0.4, -0.2) is 43.9 Å². The van der Waals surface area contributed by atoms with Crippen LogP contribution in [0.15, 0.2) is 58.2 Å². The third-order valence-electron chi connectivity index (χ3n) is 4.99. The Morgan fingerprint density at radius 1 is 1.06 bits per heavy atom. The first-order valence-corrected chi connectivity index (χ1v) is 10.8. The molecule has 2 heterocycles. The Morgan fingerprint density at radius 3 is 2.45 bits per heavy atom. The highest BCUT2D eigenvalue weighted by atomic mass is 32.2. The summed E-state index contributed by atoms with van der Waals surface area (Å²) >= 11 is 1.44. The number of rotatable bonds is 7. The zero-order valence-corrected chi connectivity index (χ0v) is 18.6. The van der Waals surface area contributed by atoms with E-state index in [1.807, 2.05) is 61.7 Å². The number of thioether (sulfide) groups is 1. The Hall–Kier alpha value is -3.04. The van der Waals surface area contributed by atoms with E-state index in [1.54, 1.807) is 12.1 Å². The van der Waals surface area contributed by atoms with Gasteiger partial charge in [-0.2, -0.15) is 4.98 Å². The second-order valence-corrected chi connectivity index (χ2v) is 8.40. The molecule has 31 heavy (non-hydrogen) atoms. The molecule has 7 nitrogen and oxygen atoms in total. The lowest BCUT2D eigenvalue weighted by Crippen LogP contribution is -2.20. The Morgan fingerprint density at radius 2 is 1.77 bits per heavy atom. The van der Waals surface area contributed by atoms with Gasteiger partial charge in [-0.3, -0.25) is 9.47 Å². The van der Waals surface area contributed by atoms with Gasteiger partial charge in [-0.05, 0) is 52.2 Å². The Kier molecular flexibility index (Phi) is 6.15. The molecule has 0 aliphatic carbocycles. The molecule has 0 aliphatic heterocycles. The zero-order valence-electron chi connectivity index (χ0n) is 17.8. The minimum atomic E-state index is -0.289. The molecule has 0 spiro atoms. The van der Waals surface area contributed by atoms with Crippen LogP contribution in [0.1, 0.15) is 30.2 Å². The smallest absolute Gasteiger partial charge is 0.237 e. The van der Waals surface area contributed by atoms with Gasteiger partial charge in [0.1, 0.15) is 5.82 Å². The summed E-state index contributed by atoms with van der Waals surface area (Å²) in [5.74, 6) is 1.97. The fraction of sp³-hybridized carbons (Fsp3) is 0.273. The first-order chi connectivity index (χ1) is 14.9. The average molecular weight is 439 g/mol. The molecule has 4 aromatic rings. The number of nitrogens with zero attached hydrogens (tertiary/aromatic N) is 6. The summed E-state index contributed by atoms with van der Waals surface area (Å²) in [5.41, 5.74) is 2.87. The summed E-state index contributed by atoms with van der Waals surface area (Å²) in [6, 6.07) is 14.3. The number of hydrogen-bond acceptors (Lipinski definition) is 7. The molecule has 0 unspecified atom stereocenters. The summed E-state index contributed by atoms with van der Waals surface area (Å²) in [6.45, 7) is 4.08. The first-order valence-electron chi connectivity index (χ1n) is 9.82. The van der Waals surface area contributed by atoms with Crippen LogP contribution < -0.4 is 0 Å². The van der Waals surface area contributed by atoms with Crippen molar-refractivity contribution in [2.45, 2.75) is 30.8 Å². The molecule has 9 heteroatoms. The van der Waals surface area contributed by atoms with Gasteiger partial charge in [-0.1, -0.05) is 46.7 Å². The number of halogens is 1. The molecular weight excluding hydrogens is 415 g/mol. The summed E-state index contributed by atoms with van der Waals surface area (Å²) in [6.07, 6.45) is 0. The van der Waals surface area contributed by atoms with Crippen LogP contribution in [0.25, 0.3) is 17.1 Å². The van der Waals surface area contributed by atoms with Gasteiger partial charge < -0.3 is 4.52 Å². The van der Waals surface area contributed by atoms with Gasteiger partial charge in [0, 0.05) is 11.3 Å². The van der Waals surface area contributed by atoms with E-state index in [0.29, 0.717) is 22.6 Å². The lowest BCUT2D eigenvalue weighted by atomic mass is 10.1. The fourth-order valence-corrected chi connectivity index (χ4v) is 3.77. The fourth-order valence-electron chi connectivity index (χ4n) is 2.97. The van der Waals surface area contributed by atoms with Crippen LogP contribution in [0, 0.1) is 12.7 Å². The van der Waals surface area contributed by atoms with Crippen molar-refractivity contribution in [3.8, 4) is 17.1 Å². The quantitative estimate of drug-likeness (QED) is 0.388. The SMILES string of the molecule is Cc1ccc(-c2noc(CSc3nnc([C@H](C)N(C)C)n3-c3ccc(F)cc3)n2)cc1. The van der Waals surface area contributed by atoms with Gasteiger partial charge in [0.2, 0.25) is 11.7 Å². The normalized spacial score (nSPS) is 12.5. The summed E-state index contributed by atoms with van der Waals surface area (Å²) < 4.78 is 20.8. The van der Waals surface area contributed by atoms with Crippen molar-refractivity contribution in [3.63, 3.8) is 0 Å². The van der Waals surface area contributed by atoms with E-state index in [0.717, 1.165) is 17.1 Å². The van der Waals surface area contributed by atoms with E-state index in [9.17, 15) is 4.39 Å². The predicted molar refractivity (Wildman–Crippen MR) is 117 cm³/mol. The second kappa shape index (κ2) is 8.99. The molecule has 2 aromatic heterocycles. The van der Waals surface area contributed by atoms with Crippen molar-refractivity contribution in [2.75, 3.05) is 14.1 Å². The zero-order chi connectivity index (χ0) is 22.0. The molecular formula is C22H23FN6OS. The molecule has 0 radical (unpaired) electrons. The standard InChI is InChI=1S/C22H23FN6OS/c1-14-5-7-16(8-6-14)20-24-19(30-27-20)13-31-22-26-25-21(15(2)28(3)4)29(22)18-11-9-17(23)10-12-18/h5-12,15H,13H2,1-4H3/t15-/m0/s1. The molecule has 1 atom stereocenters. The first kappa shape index (κ1) is 21.2. The minimum Gasteiger partial charge on any atom is -0.338 e. The highest BCUT2D eigenvalue weighted by Crippen LogP contribution is 2.29. The molecule has 0 N–H and O–H groups in total. The Bertz CT molecular complexity index is 1150. The van der Waals surface area contributed by atoms with Gasteiger partial charge in [0.05, 0.1) is 11.8 Å². The van der Waals surface area contributed by atoms with Gasteiger partial charge in [0.15, 0.2) is 11.0 Å². The Balaban J connectivity index is 1.59. The predicted octanol–water partition coefficient (Wildman–Crippen LogP) is 4.68. The van der Waals surface area contributed by atoms with Crippen LogP contribution in [0.2, 0.25) is 0 Å². The highest BCUT2D eigenvalue weighted by molar-refractivity contribution is 7.98. The average Bonchev–Trinajstić information content (AvgIpc) is 3.40. The maximum absolute atomic E-state index is 13.5. The van der Waals surface area contributed by atoms with Crippen LogP contribution in [0.5, 0.6) is 0 Å². The number of aryl methyl sites for hydroxylation is 1. The molecule has 0 bridgehead atoms. The van der Waals surface area contributed by atoms with Crippen molar-refractivity contribution >= 4 is 11.8 Å². The largest absolute Gasteiger partial charge is 0.338 e. The van der Waals surface area contributed by atoms with E-state index in [2.05, 4.69) is 20.3 Å². The molecule has 0 aliphatic rings. The number of benzene rings is 2. The van der Waals surface area contributed by atoms with Gasteiger partial charge in [-0.25, -0.2) is 4.39 Å². The molecule has 2 aromatic carbocycles. The van der Waals surface area contributed by atoms with Gasteiger partial charge in [-0.15, -0.1) is 10.2 Å². The minimum absolute atomic E-state index is 0.0171. The highest BCUT2D eigenvalue weighted by Gasteiger charge is 2.21. The third kappa shape index (κ3) is 4.67. The second-order valence-electron chi connectivity index (χ2n) is 7.46. The Labute approximate surface area is 184 Å². The van der Waals surface area contributed by atoms with Crippen LogP contribution in [0.3, 0.4) is 0 Å². The van der Waals surface area contributed by atoms with Crippen LogP contribution in [0.4, 0.5) is 4.39 Å². The van der Waals surface area contributed by atoms with E-state index in [4.69, 9.17) is 4.52 Å². The lowest BCUT2D eigenvalue weighted by molar-refractivity contribution is 0.305. The third-order valence-corrected chi connectivity index (χ3v) is 5.91. The van der Waals surface area contributed by atoms with E-state index in [1.165, 1.54) is 29.5 Å².